The van der Waals surface area contributed by atoms with Gasteiger partial charge in [-0.15, -0.1) is 23.7 Å². The summed E-state index contributed by atoms with van der Waals surface area (Å²) in [6, 6.07) is 0.126. The molecule has 2 aromatic rings. The summed E-state index contributed by atoms with van der Waals surface area (Å²) < 4.78 is 1.61. The maximum Gasteiger partial charge on any atom is 0.262 e. The molecule has 0 spiro atoms. The van der Waals surface area contributed by atoms with Gasteiger partial charge < -0.3 is 10.6 Å². The van der Waals surface area contributed by atoms with Crippen LogP contribution < -0.4 is 11.3 Å². The zero-order valence-corrected chi connectivity index (χ0v) is 18.2. The second-order valence-corrected chi connectivity index (χ2v) is 9.67. The molecule has 3 heterocycles. The number of piperidine rings is 1. The molecule has 2 aliphatic rings. The zero-order valence-electron chi connectivity index (χ0n) is 16.6. The van der Waals surface area contributed by atoms with Crippen LogP contribution >= 0.6 is 23.7 Å². The van der Waals surface area contributed by atoms with E-state index >= 15 is 0 Å². The number of hydrogen-bond acceptors (Lipinski definition) is 5. The number of hydrogen-bond donors (Lipinski definition) is 1. The lowest BCUT2D eigenvalue weighted by atomic mass is 9.79. The number of aryl methyl sites for hydroxylation is 3. The highest BCUT2D eigenvalue weighted by atomic mass is 35.5. The van der Waals surface area contributed by atoms with Crippen molar-refractivity contribution in [2.45, 2.75) is 65.0 Å². The predicted molar refractivity (Wildman–Crippen MR) is 115 cm³/mol. The van der Waals surface area contributed by atoms with Crippen LogP contribution in [0.2, 0.25) is 0 Å². The molecule has 1 aliphatic carbocycles. The number of carbonyl (C=O) groups is 1. The fraction of sp³-hybridized carbons (Fsp3) is 0.650. The molecule has 8 heteroatoms. The summed E-state index contributed by atoms with van der Waals surface area (Å²) in [5, 5.41) is 0.787. The van der Waals surface area contributed by atoms with Gasteiger partial charge in [0.05, 0.1) is 11.7 Å². The van der Waals surface area contributed by atoms with Crippen molar-refractivity contribution in [2.75, 3.05) is 13.1 Å². The Kier molecular flexibility index (Phi) is 6.17. The van der Waals surface area contributed by atoms with Crippen molar-refractivity contribution in [3.05, 3.63) is 27.1 Å². The lowest BCUT2D eigenvalue weighted by molar-refractivity contribution is -0.134. The number of nitrogens with zero attached hydrogens (tertiary/aromatic N) is 3. The average molecular weight is 425 g/mol. The number of carbonyl (C=O) groups excluding carboxylic acids is 1. The molecule has 6 nitrogen and oxygen atoms in total. The Morgan fingerprint density at radius 1 is 1.36 bits per heavy atom. The topological polar surface area (TPSA) is 81.2 Å². The second-order valence-electron chi connectivity index (χ2n) is 8.58. The van der Waals surface area contributed by atoms with Crippen LogP contribution in [0.5, 0.6) is 0 Å². The van der Waals surface area contributed by atoms with Crippen molar-refractivity contribution < 1.29 is 4.79 Å². The van der Waals surface area contributed by atoms with Crippen LogP contribution in [-0.2, 0) is 24.2 Å². The first-order valence-electron chi connectivity index (χ1n) is 9.90. The van der Waals surface area contributed by atoms with E-state index in [4.69, 9.17) is 5.73 Å². The van der Waals surface area contributed by atoms with Crippen molar-refractivity contribution in [2.24, 2.45) is 11.1 Å². The lowest BCUT2D eigenvalue weighted by Crippen LogP contribution is -2.54. The molecule has 154 valence electrons. The Bertz CT molecular complexity index is 936. The van der Waals surface area contributed by atoms with E-state index in [0.717, 1.165) is 35.9 Å². The van der Waals surface area contributed by atoms with Crippen LogP contribution in [-0.4, -0.2) is 39.5 Å². The summed E-state index contributed by atoms with van der Waals surface area (Å²) in [5.74, 6) is 0.0920. The first-order valence-corrected chi connectivity index (χ1v) is 10.7. The number of halogens is 1. The van der Waals surface area contributed by atoms with Gasteiger partial charge in [0.1, 0.15) is 4.83 Å². The monoisotopic (exact) mass is 424 g/mol. The van der Waals surface area contributed by atoms with Crippen LogP contribution in [0.1, 0.15) is 50.0 Å². The van der Waals surface area contributed by atoms with Crippen LogP contribution in [0.25, 0.3) is 10.2 Å². The lowest BCUT2D eigenvalue weighted by Gasteiger charge is -2.42. The van der Waals surface area contributed by atoms with Crippen molar-refractivity contribution in [1.82, 2.24) is 14.5 Å². The largest absolute Gasteiger partial charge is 0.342 e. The fourth-order valence-electron chi connectivity index (χ4n) is 4.30. The Morgan fingerprint density at radius 2 is 2.11 bits per heavy atom. The number of amides is 1. The highest BCUT2D eigenvalue weighted by Gasteiger charge is 2.35. The summed E-state index contributed by atoms with van der Waals surface area (Å²) in [4.78, 5) is 34.2. The molecule has 1 unspecified atom stereocenters. The minimum atomic E-state index is -0.0685. The van der Waals surface area contributed by atoms with E-state index in [-0.39, 0.29) is 35.3 Å². The van der Waals surface area contributed by atoms with Crippen molar-refractivity contribution in [1.29, 1.82) is 0 Å². The maximum atomic E-state index is 13.0. The fourth-order valence-corrected chi connectivity index (χ4v) is 5.52. The quantitative estimate of drug-likeness (QED) is 0.821. The number of likely N-dealkylation sites (tertiary alicyclic amines) is 1. The standard InChI is InChI=1S/C20H28N4O2S.ClH/c1-20(2)11-23(9-7-15(20)21)16(25)8-10-24-12-22-18-17(19(24)26)13-5-3-4-6-14(13)27-18;/h12,15H,3-11,21H2,1-2H3;1H. The summed E-state index contributed by atoms with van der Waals surface area (Å²) in [7, 11) is 0. The minimum absolute atomic E-state index is 0. The van der Waals surface area contributed by atoms with Gasteiger partial charge in [0.15, 0.2) is 0 Å². The Morgan fingerprint density at radius 3 is 2.86 bits per heavy atom. The zero-order chi connectivity index (χ0) is 19.2. The molecular formula is C20H29ClN4O2S. The van der Waals surface area contributed by atoms with E-state index in [1.165, 1.54) is 16.9 Å². The van der Waals surface area contributed by atoms with Crippen molar-refractivity contribution >= 4 is 39.9 Å². The van der Waals surface area contributed by atoms with E-state index in [1.807, 2.05) is 4.90 Å². The van der Waals surface area contributed by atoms with Gasteiger partial charge in [-0.25, -0.2) is 4.98 Å². The van der Waals surface area contributed by atoms with E-state index in [9.17, 15) is 9.59 Å². The van der Waals surface area contributed by atoms with Gasteiger partial charge in [0.25, 0.3) is 5.56 Å². The van der Waals surface area contributed by atoms with E-state index in [0.29, 0.717) is 26.1 Å². The smallest absolute Gasteiger partial charge is 0.262 e. The third kappa shape index (κ3) is 3.84. The van der Waals surface area contributed by atoms with Gasteiger partial charge in [-0.3, -0.25) is 14.2 Å². The number of fused-ring (bicyclic) bond motifs is 3. The molecule has 1 aliphatic heterocycles. The normalized spacial score (nSPS) is 21.2. The molecule has 2 aromatic heterocycles. The Hall–Kier alpha value is -1.44. The molecule has 0 saturated carbocycles. The molecule has 0 bridgehead atoms. The molecule has 1 saturated heterocycles. The molecule has 0 aromatic carbocycles. The third-order valence-electron chi connectivity index (χ3n) is 6.17. The van der Waals surface area contributed by atoms with Gasteiger partial charge in [-0.05, 0) is 43.1 Å². The SMILES string of the molecule is CC1(C)CN(C(=O)CCn2cnc3sc4c(c3c2=O)CCCC4)CCC1N.Cl. The van der Waals surface area contributed by atoms with E-state index in [1.54, 1.807) is 22.2 Å². The van der Waals surface area contributed by atoms with Crippen molar-refractivity contribution in [3.8, 4) is 0 Å². The molecule has 2 N–H and O–H groups in total. The van der Waals surface area contributed by atoms with Crippen LogP contribution in [0, 0.1) is 5.41 Å². The number of nitrogens with two attached hydrogens (primary N) is 1. The molecule has 0 radical (unpaired) electrons. The first-order chi connectivity index (χ1) is 12.9. The molecular weight excluding hydrogens is 396 g/mol. The van der Waals surface area contributed by atoms with Gasteiger partial charge in [0.2, 0.25) is 5.91 Å². The minimum Gasteiger partial charge on any atom is -0.342 e. The van der Waals surface area contributed by atoms with Gasteiger partial charge in [0, 0.05) is 37.0 Å². The third-order valence-corrected chi connectivity index (χ3v) is 7.37. The van der Waals surface area contributed by atoms with Gasteiger partial charge in [-0.2, -0.15) is 0 Å². The first kappa shape index (κ1) is 21.3. The van der Waals surface area contributed by atoms with Gasteiger partial charge >= 0.3 is 0 Å². The number of rotatable bonds is 3. The molecule has 1 amide bonds. The number of aromatic nitrogens is 2. The number of thiophene rings is 1. The predicted octanol–water partition coefficient (Wildman–Crippen LogP) is 2.73. The van der Waals surface area contributed by atoms with Crippen LogP contribution in [0.3, 0.4) is 0 Å². The average Bonchev–Trinajstić information content (AvgIpc) is 3.02. The highest BCUT2D eigenvalue weighted by molar-refractivity contribution is 7.18. The summed E-state index contributed by atoms with van der Waals surface area (Å²) >= 11 is 1.66. The molecule has 1 atom stereocenters. The summed E-state index contributed by atoms with van der Waals surface area (Å²) in [6.07, 6.45) is 7.12. The van der Waals surface area contributed by atoms with E-state index in [2.05, 4.69) is 18.8 Å². The maximum absolute atomic E-state index is 13.0. The Labute approximate surface area is 175 Å². The van der Waals surface area contributed by atoms with Crippen molar-refractivity contribution in [3.63, 3.8) is 0 Å². The summed E-state index contributed by atoms with van der Waals surface area (Å²) in [6.45, 7) is 5.98. The van der Waals surface area contributed by atoms with Crippen LogP contribution in [0.15, 0.2) is 11.1 Å². The van der Waals surface area contributed by atoms with E-state index < -0.39 is 0 Å². The Balaban J connectivity index is 0.00000225. The van der Waals surface area contributed by atoms with Gasteiger partial charge in [-0.1, -0.05) is 13.8 Å². The summed E-state index contributed by atoms with van der Waals surface area (Å²) in [5.41, 5.74) is 7.31. The molecule has 28 heavy (non-hydrogen) atoms. The molecule has 4 rings (SSSR count). The second kappa shape index (κ2) is 8.13. The highest BCUT2D eigenvalue weighted by Crippen LogP contribution is 2.33. The van der Waals surface area contributed by atoms with Crippen LogP contribution in [0.4, 0.5) is 0 Å². The molecule has 1 fully saturated rings.